The van der Waals surface area contributed by atoms with Crippen LogP contribution in [0.25, 0.3) is 12.2 Å². The Morgan fingerprint density at radius 3 is 2.59 bits per heavy atom. The summed E-state index contributed by atoms with van der Waals surface area (Å²) < 4.78 is 0. The first-order valence-electron chi connectivity index (χ1n) is 5.99. The Kier molecular flexibility index (Phi) is 3.71. The zero-order valence-corrected chi connectivity index (χ0v) is 10.4. The lowest BCUT2D eigenvalue weighted by molar-refractivity contribution is 1.03. The van der Waals surface area contributed by atoms with Crippen molar-refractivity contribution in [1.82, 2.24) is 4.98 Å². The van der Waals surface area contributed by atoms with Crippen LogP contribution in [0.5, 0.6) is 0 Å². The van der Waals surface area contributed by atoms with Gasteiger partial charge in [0.2, 0.25) is 0 Å². The molecule has 0 spiro atoms. The third-order valence-corrected chi connectivity index (χ3v) is 2.81. The fourth-order valence-corrected chi connectivity index (χ4v) is 1.74. The first kappa shape index (κ1) is 11.6. The van der Waals surface area contributed by atoms with E-state index in [1.54, 1.807) is 0 Å². The number of benzene rings is 1. The molecule has 0 unspecified atom stereocenters. The van der Waals surface area contributed by atoms with Crippen LogP contribution in [0.15, 0.2) is 42.5 Å². The molecule has 1 aromatic carbocycles. The molecule has 86 valence electrons. The fourth-order valence-electron chi connectivity index (χ4n) is 1.74. The highest BCUT2D eigenvalue weighted by molar-refractivity contribution is 5.69. The van der Waals surface area contributed by atoms with E-state index >= 15 is 0 Å². The molecule has 0 radical (unpaired) electrons. The number of aryl methyl sites for hydroxylation is 2. The summed E-state index contributed by atoms with van der Waals surface area (Å²) in [6, 6.07) is 14.5. The van der Waals surface area contributed by atoms with Crippen molar-refractivity contribution in [3.8, 4) is 0 Å². The van der Waals surface area contributed by atoms with E-state index in [0.29, 0.717) is 0 Å². The molecule has 1 nitrogen and oxygen atoms in total. The van der Waals surface area contributed by atoms with Crippen molar-refractivity contribution >= 4 is 12.2 Å². The predicted molar refractivity (Wildman–Crippen MR) is 73.7 cm³/mol. The van der Waals surface area contributed by atoms with Gasteiger partial charge in [0.15, 0.2) is 0 Å². The van der Waals surface area contributed by atoms with Gasteiger partial charge in [0.25, 0.3) is 0 Å². The first-order valence-corrected chi connectivity index (χ1v) is 5.99. The van der Waals surface area contributed by atoms with Crippen molar-refractivity contribution in [1.29, 1.82) is 0 Å². The summed E-state index contributed by atoms with van der Waals surface area (Å²) >= 11 is 0. The molecule has 0 aliphatic carbocycles. The molecule has 0 bridgehead atoms. The molecule has 0 fully saturated rings. The van der Waals surface area contributed by atoms with Gasteiger partial charge in [-0.2, -0.15) is 0 Å². The van der Waals surface area contributed by atoms with Crippen LogP contribution in [0.1, 0.15) is 29.4 Å². The van der Waals surface area contributed by atoms with Gasteiger partial charge >= 0.3 is 0 Å². The van der Waals surface area contributed by atoms with Crippen LogP contribution in [0.2, 0.25) is 0 Å². The van der Waals surface area contributed by atoms with Crippen LogP contribution < -0.4 is 0 Å². The highest BCUT2D eigenvalue weighted by Gasteiger charge is 1.94. The largest absolute Gasteiger partial charge is 0.253 e. The Balaban J connectivity index is 2.23. The van der Waals surface area contributed by atoms with E-state index in [0.717, 1.165) is 17.8 Å². The molecule has 2 rings (SSSR count). The van der Waals surface area contributed by atoms with Gasteiger partial charge in [0.1, 0.15) is 0 Å². The second-order valence-corrected chi connectivity index (χ2v) is 4.10. The second kappa shape index (κ2) is 5.44. The summed E-state index contributed by atoms with van der Waals surface area (Å²) in [5.74, 6) is 0. The summed E-state index contributed by atoms with van der Waals surface area (Å²) in [5.41, 5.74) is 4.69. The van der Waals surface area contributed by atoms with Crippen LogP contribution in [0.4, 0.5) is 0 Å². The van der Waals surface area contributed by atoms with Crippen LogP contribution in [-0.4, -0.2) is 4.98 Å². The van der Waals surface area contributed by atoms with E-state index in [1.165, 1.54) is 11.1 Å². The topological polar surface area (TPSA) is 12.9 Å². The summed E-state index contributed by atoms with van der Waals surface area (Å²) in [6.45, 7) is 4.24. The molecule has 0 saturated carbocycles. The molecule has 0 saturated heterocycles. The van der Waals surface area contributed by atoms with Gasteiger partial charge in [-0.05, 0) is 42.7 Å². The zero-order valence-electron chi connectivity index (χ0n) is 10.4. The minimum absolute atomic E-state index is 0.978. The van der Waals surface area contributed by atoms with Crippen molar-refractivity contribution in [3.05, 3.63) is 65.0 Å². The number of pyridine rings is 1. The summed E-state index contributed by atoms with van der Waals surface area (Å²) in [4.78, 5) is 4.55. The highest BCUT2D eigenvalue weighted by Crippen LogP contribution is 2.11. The van der Waals surface area contributed by atoms with E-state index in [1.807, 2.05) is 6.07 Å². The predicted octanol–water partition coefficient (Wildman–Crippen LogP) is 4.12. The Hall–Kier alpha value is -1.89. The Labute approximate surface area is 103 Å². The van der Waals surface area contributed by atoms with E-state index in [9.17, 15) is 0 Å². The lowest BCUT2D eigenvalue weighted by Crippen LogP contribution is -1.88. The number of aromatic nitrogens is 1. The summed E-state index contributed by atoms with van der Waals surface area (Å²) in [7, 11) is 0. The number of hydrogen-bond donors (Lipinski definition) is 0. The van der Waals surface area contributed by atoms with Gasteiger partial charge in [-0.15, -0.1) is 0 Å². The quantitative estimate of drug-likeness (QED) is 0.762. The standard InChI is InChI=1S/C16H17N/c1-3-15-9-6-10-16(17-15)12-11-14-8-5-4-7-13(14)2/h4-12H,3H2,1-2H3/b12-11+. The summed E-state index contributed by atoms with van der Waals surface area (Å²) in [5, 5.41) is 0. The van der Waals surface area contributed by atoms with Crippen LogP contribution >= 0.6 is 0 Å². The molecule has 0 amide bonds. The average molecular weight is 223 g/mol. The third kappa shape index (κ3) is 3.04. The normalized spacial score (nSPS) is 10.9. The third-order valence-electron chi connectivity index (χ3n) is 2.81. The van der Waals surface area contributed by atoms with E-state index in [-0.39, 0.29) is 0 Å². The minimum atomic E-state index is 0.978. The van der Waals surface area contributed by atoms with Crippen molar-refractivity contribution in [2.45, 2.75) is 20.3 Å². The van der Waals surface area contributed by atoms with E-state index < -0.39 is 0 Å². The summed E-state index contributed by atoms with van der Waals surface area (Å²) in [6.07, 6.45) is 5.17. The lowest BCUT2D eigenvalue weighted by Gasteiger charge is -2.00. The van der Waals surface area contributed by atoms with Gasteiger partial charge in [0, 0.05) is 5.69 Å². The molecular formula is C16H17N. The van der Waals surface area contributed by atoms with Crippen molar-refractivity contribution < 1.29 is 0 Å². The zero-order chi connectivity index (χ0) is 12.1. The second-order valence-electron chi connectivity index (χ2n) is 4.10. The Morgan fingerprint density at radius 1 is 1.00 bits per heavy atom. The van der Waals surface area contributed by atoms with Crippen LogP contribution in [0, 0.1) is 6.92 Å². The Morgan fingerprint density at radius 2 is 1.82 bits per heavy atom. The maximum Gasteiger partial charge on any atom is 0.0633 e. The maximum atomic E-state index is 4.55. The van der Waals surface area contributed by atoms with Gasteiger partial charge in [-0.3, -0.25) is 4.98 Å². The molecule has 1 heteroatoms. The smallest absolute Gasteiger partial charge is 0.0633 e. The first-order chi connectivity index (χ1) is 8.29. The lowest BCUT2D eigenvalue weighted by atomic mass is 10.1. The van der Waals surface area contributed by atoms with Gasteiger partial charge in [-0.25, -0.2) is 0 Å². The van der Waals surface area contributed by atoms with Crippen LogP contribution in [0.3, 0.4) is 0 Å². The van der Waals surface area contributed by atoms with E-state index in [2.05, 4.69) is 67.4 Å². The molecule has 17 heavy (non-hydrogen) atoms. The van der Waals surface area contributed by atoms with Crippen LogP contribution in [-0.2, 0) is 6.42 Å². The monoisotopic (exact) mass is 223 g/mol. The van der Waals surface area contributed by atoms with Gasteiger partial charge < -0.3 is 0 Å². The molecule has 0 N–H and O–H groups in total. The maximum absolute atomic E-state index is 4.55. The van der Waals surface area contributed by atoms with Crippen molar-refractivity contribution in [2.75, 3.05) is 0 Å². The SMILES string of the molecule is CCc1cccc(/C=C/c2ccccc2C)n1. The number of nitrogens with zero attached hydrogens (tertiary/aromatic N) is 1. The Bertz CT molecular complexity index is 527. The fraction of sp³-hybridized carbons (Fsp3) is 0.188. The molecule has 0 aliphatic rings. The molecular weight excluding hydrogens is 206 g/mol. The number of rotatable bonds is 3. The number of hydrogen-bond acceptors (Lipinski definition) is 1. The average Bonchev–Trinajstić information content (AvgIpc) is 2.38. The molecule has 1 heterocycles. The van der Waals surface area contributed by atoms with E-state index in [4.69, 9.17) is 0 Å². The minimum Gasteiger partial charge on any atom is -0.253 e. The highest BCUT2D eigenvalue weighted by atomic mass is 14.7. The van der Waals surface area contributed by atoms with Crippen molar-refractivity contribution in [3.63, 3.8) is 0 Å². The van der Waals surface area contributed by atoms with Gasteiger partial charge in [0.05, 0.1) is 5.69 Å². The molecule has 2 aromatic rings. The molecule has 0 atom stereocenters. The van der Waals surface area contributed by atoms with Gasteiger partial charge in [-0.1, -0.05) is 43.3 Å². The molecule has 1 aromatic heterocycles. The molecule has 0 aliphatic heterocycles. The van der Waals surface area contributed by atoms with Crippen molar-refractivity contribution in [2.24, 2.45) is 0 Å².